The highest BCUT2D eigenvalue weighted by atomic mass is 16.6. The van der Waals surface area contributed by atoms with Crippen molar-refractivity contribution in [2.75, 3.05) is 17.3 Å². The number of amides is 1. The monoisotopic (exact) mass is 429 g/mol. The number of hydrazine groups is 1. The molecule has 0 unspecified atom stereocenters. The summed E-state index contributed by atoms with van der Waals surface area (Å²) in [5.74, 6) is 0.294. The molecule has 0 bridgehead atoms. The Labute approximate surface area is 176 Å². The van der Waals surface area contributed by atoms with Gasteiger partial charge in [-0.05, 0) is 17.7 Å². The average molecular weight is 429 g/mol. The Morgan fingerprint density at radius 2 is 1.94 bits per heavy atom. The largest absolute Gasteiger partial charge is 0.394 e. The van der Waals surface area contributed by atoms with Crippen LogP contribution in [-0.2, 0) is 16.1 Å². The van der Waals surface area contributed by atoms with Gasteiger partial charge in [-0.2, -0.15) is 0 Å². The number of nitrogens with zero attached hydrogens (tertiary/aromatic N) is 4. The van der Waals surface area contributed by atoms with E-state index in [4.69, 9.17) is 4.74 Å². The molecular weight excluding hydrogens is 406 g/mol. The van der Waals surface area contributed by atoms with E-state index in [9.17, 15) is 20.1 Å². The third kappa shape index (κ3) is 4.33. The molecule has 4 atom stereocenters. The molecule has 1 saturated heterocycles. The number of carbonyl (C=O) groups excluding carboxylic acids is 1. The first-order valence-corrected chi connectivity index (χ1v) is 9.63. The van der Waals surface area contributed by atoms with Gasteiger partial charge in [0, 0.05) is 19.2 Å². The lowest BCUT2D eigenvalue weighted by atomic mass is 10.1. The Balaban J connectivity index is 1.44. The molecule has 3 aromatic rings. The predicted molar refractivity (Wildman–Crippen MR) is 110 cm³/mol. The minimum atomic E-state index is -1.24. The van der Waals surface area contributed by atoms with Gasteiger partial charge in [-0.15, -0.1) is 0 Å². The molecule has 1 aromatic carbocycles. The molecule has 1 fully saturated rings. The summed E-state index contributed by atoms with van der Waals surface area (Å²) in [6.45, 7) is 1.51. The number of nitrogens with one attached hydrogen (secondary N) is 3. The van der Waals surface area contributed by atoms with Gasteiger partial charge >= 0.3 is 0 Å². The number of hydrogen-bond acceptors (Lipinski definition) is 10. The maximum atomic E-state index is 11.1. The zero-order valence-electron chi connectivity index (χ0n) is 16.6. The number of anilines is 2. The topological polar surface area (TPSA) is 167 Å². The molecule has 12 nitrogen and oxygen atoms in total. The van der Waals surface area contributed by atoms with Gasteiger partial charge < -0.3 is 30.8 Å². The van der Waals surface area contributed by atoms with E-state index in [0.29, 0.717) is 23.5 Å². The summed E-state index contributed by atoms with van der Waals surface area (Å²) < 4.78 is 7.04. The smallest absolute Gasteiger partial charge is 0.221 e. The van der Waals surface area contributed by atoms with Gasteiger partial charge in [0.05, 0.1) is 12.9 Å². The molecule has 0 spiro atoms. The van der Waals surface area contributed by atoms with Crippen molar-refractivity contribution in [3.8, 4) is 0 Å². The van der Waals surface area contributed by atoms with Gasteiger partial charge in [-0.1, -0.05) is 12.1 Å². The van der Waals surface area contributed by atoms with Crippen LogP contribution in [0.15, 0.2) is 36.9 Å². The Hall–Kier alpha value is -3.16. The highest BCUT2D eigenvalue weighted by Crippen LogP contribution is 2.31. The van der Waals surface area contributed by atoms with E-state index in [1.807, 2.05) is 24.3 Å². The van der Waals surface area contributed by atoms with Crippen molar-refractivity contribution < 1.29 is 24.9 Å². The summed E-state index contributed by atoms with van der Waals surface area (Å²) in [6, 6.07) is 7.38. The normalized spacial score (nSPS) is 23.2. The van der Waals surface area contributed by atoms with Crippen LogP contribution in [0.3, 0.4) is 0 Å². The summed E-state index contributed by atoms with van der Waals surface area (Å²) in [4.78, 5) is 23.8. The van der Waals surface area contributed by atoms with Crippen LogP contribution >= 0.6 is 0 Å². The molecule has 0 radical (unpaired) electrons. The molecule has 3 heterocycles. The molecule has 164 valence electrons. The summed E-state index contributed by atoms with van der Waals surface area (Å²) in [5.41, 5.74) is 8.57. The number of aromatic nitrogens is 4. The standard InChI is InChI=1S/C19H23N7O5/c1-10(28)24-12-4-2-11(3-5-12)6-23-25-17-14-18(21-8-20-17)26(9-22-14)19-16(30)15(29)13(7-27)31-19/h2-5,8-9,13,15-16,19,23,27,29-30H,6-7H2,1H3,(H,24,28)(H,20,21,25)/t13-,15-,16-,19-/m1/s1. The first kappa shape index (κ1) is 21.1. The predicted octanol–water partition coefficient (Wildman–Crippen LogP) is -0.487. The first-order valence-electron chi connectivity index (χ1n) is 9.63. The minimum absolute atomic E-state index is 0.128. The summed E-state index contributed by atoms with van der Waals surface area (Å²) in [7, 11) is 0. The zero-order chi connectivity index (χ0) is 22.0. The van der Waals surface area contributed by atoms with E-state index in [2.05, 4.69) is 31.1 Å². The van der Waals surface area contributed by atoms with E-state index in [1.165, 1.54) is 24.1 Å². The molecule has 1 amide bonds. The Morgan fingerprint density at radius 3 is 2.61 bits per heavy atom. The van der Waals surface area contributed by atoms with Crippen molar-refractivity contribution in [1.82, 2.24) is 24.9 Å². The fourth-order valence-electron chi connectivity index (χ4n) is 3.38. The fourth-order valence-corrected chi connectivity index (χ4v) is 3.38. The molecule has 1 aliphatic rings. The van der Waals surface area contributed by atoms with Crippen LogP contribution in [-0.4, -0.2) is 65.7 Å². The van der Waals surface area contributed by atoms with Crippen molar-refractivity contribution in [3.63, 3.8) is 0 Å². The van der Waals surface area contributed by atoms with Gasteiger partial charge in [-0.25, -0.2) is 20.4 Å². The maximum absolute atomic E-state index is 11.1. The molecule has 2 aromatic heterocycles. The van der Waals surface area contributed by atoms with Crippen LogP contribution in [0, 0.1) is 0 Å². The molecule has 6 N–H and O–H groups in total. The van der Waals surface area contributed by atoms with Crippen LogP contribution < -0.4 is 16.2 Å². The Bertz CT molecular complexity index is 1060. The second-order valence-electron chi connectivity index (χ2n) is 7.13. The summed E-state index contributed by atoms with van der Waals surface area (Å²) >= 11 is 0. The van der Waals surface area contributed by atoms with Crippen molar-refractivity contribution in [2.45, 2.75) is 38.0 Å². The molecule has 0 aliphatic carbocycles. The van der Waals surface area contributed by atoms with Gasteiger partial charge in [0.1, 0.15) is 24.6 Å². The Morgan fingerprint density at radius 1 is 1.16 bits per heavy atom. The van der Waals surface area contributed by atoms with Gasteiger partial charge in [0.15, 0.2) is 23.2 Å². The maximum Gasteiger partial charge on any atom is 0.221 e. The zero-order valence-corrected chi connectivity index (χ0v) is 16.6. The van der Waals surface area contributed by atoms with E-state index in [1.54, 1.807) is 0 Å². The molecule has 31 heavy (non-hydrogen) atoms. The molecule has 1 aliphatic heterocycles. The van der Waals surface area contributed by atoms with Crippen molar-refractivity contribution in [1.29, 1.82) is 0 Å². The first-order chi connectivity index (χ1) is 15.0. The quantitative estimate of drug-likeness (QED) is 0.270. The van der Waals surface area contributed by atoms with Gasteiger partial charge in [0.2, 0.25) is 5.91 Å². The lowest BCUT2D eigenvalue weighted by Gasteiger charge is -2.16. The van der Waals surface area contributed by atoms with E-state index in [0.717, 1.165) is 11.3 Å². The highest BCUT2D eigenvalue weighted by molar-refractivity contribution is 5.88. The summed E-state index contributed by atoms with van der Waals surface area (Å²) in [6.07, 6.45) is -1.50. The third-order valence-electron chi connectivity index (χ3n) is 4.92. The molecule has 12 heteroatoms. The summed E-state index contributed by atoms with van der Waals surface area (Å²) in [5, 5.41) is 32.3. The molecule has 0 saturated carbocycles. The second kappa shape index (κ2) is 8.91. The number of aliphatic hydroxyl groups excluding tert-OH is 3. The van der Waals surface area contributed by atoms with E-state index >= 15 is 0 Å². The number of ether oxygens (including phenoxy) is 1. The highest BCUT2D eigenvalue weighted by Gasteiger charge is 2.44. The number of fused-ring (bicyclic) bond motifs is 1. The number of carbonyl (C=O) groups is 1. The van der Waals surface area contributed by atoms with Gasteiger partial charge in [0.25, 0.3) is 0 Å². The van der Waals surface area contributed by atoms with Crippen LogP contribution in [0.2, 0.25) is 0 Å². The average Bonchev–Trinajstić information content (AvgIpc) is 3.31. The number of rotatable bonds is 7. The van der Waals surface area contributed by atoms with E-state index < -0.39 is 31.1 Å². The molecule has 4 rings (SSSR count). The van der Waals surface area contributed by atoms with Gasteiger partial charge in [-0.3, -0.25) is 9.36 Å². The Kier molecular flexibility index (Phi) is 6.06. The van der Waals surface area contributed by atoms with Crippen LogP contribution in [0.25, 0.3) is 11.2 Å². The fraction of sp³-hybridized carbons (Fsp3) is 0.368. The number of imidazole rings is 1. The van der Waals surface area contributed by atoms with Crippen LogP contribution in [0.4, 0.5) is 11.5 Å². The second-order valence-corrected chi connectivity index (χ2v) is 7.13. The minimum Gasteiger partial charge on any atom is -0.394 e. The lowest BCUT2D eigenvalue weighted by molar-refractivity contribution is -0.114. The van der Waals surface area contributed by atoms with Crippen molar-refractivity contribution in [2.24, 2.45) is 0 Å². The van der Waals surface area contributed by atoms with Crippen LogP contribution in [0.5, 0.6) is 0 Å². The van der Waals surface area contributed by atoms with Crippen molar-refractivity contribution >= 4 is 28.6 Å². The third-order valence-corrected chi connectivity index (χ3v) is 4.92. The number of aliphatic hydroxyl groups is 3. The van der Waals surface area contributed by atoms with Crippen LogP contribution in [0.1, 0.15) is 18.7 Å². The number of benzene rings is 1. The number of hydrogen-bond donors (Lipinski definition) is 6. The van der Waals surface area contributed by atoms with Crippen molar-refractivity contribution in [3.05, 3.63) is 42.5 Å². The lowest BCUT2D eigenvalue weighted by Crippen LogP contribution is -2.33. The van der Waals surface area contributed by atoms with E-state index in [-0.39, 0.29) is 5.91 Å². The molecular formula is C19H23N7O5. The SMILES string of the molecule is CC(=O)Nc1ccc(CNNc2ncnc3c2ncn3[C@@H]2O[C@H](CO)[C@@H](O)[C@H]2O)cc1.